The monoisotopic (exact) mass is 170 g/mol. The molecule has 12 heavy (non-hydrogen) atoms. The summed E-state index contributed by atoms with van der Waals surface area (Å²) in [5.41, 5.74) is 11.7. The Morgan fingerprint density at radius 2 is 1.92 bits per heavy atom. The number of nitrogens with two attached hydrogens (primary N) is 2. The van der Waals surface area contributed by atoms with E-state index in [1.165, 1.54) is 19.3 Å². The van der Waals surface area contributed by atoms with Gasteiger partial charge in [-0.1, -0.05) is 13.8 Å². The van der Waals surface area contributed by atoms with Gasteiger partial charge in [0, 0.05) is 0 Å². The fraction of sp³-hybridized carbons (Fsp3) is 1.00. The molecule has 0 bridgehead atoms. The predicted octanol–water partition coefficient (Wildman–Crippen LogP) is 1.35. The van der Waals surface area contributed by atoms with Gasteiger partial charge < -0.3 is 11.5 Å². The highest BCUT2D eigenvalue weighted by molar-refractivity contribution is 4.86. The molecule has 4 N–H and O–H groups in total. The van der Waals surface area contributed by atoms with E-state index in [0.717, 1.165) is 24.9 Å². The van der Waals surface area contributed by atoms with Crippen molar-refractivity contribution in [3.8, 4) is 0 Å². The molecule has 0 saturated heterocycles. The van der Waals surface area contributed by atoms with Crippen LogP contribution in [-0.4, -0.2) is 13.1 Å². The van der Waals surface area contributed by atoms with Gasteiger partial charge in [-0.3, -0.25) is 0 Å². The van der Waals surface area contributed by atoms with Crippen LogP contribution in [0.15, 0.2) is 0 Å². The number of hydrogen-bond acceptors (Lipinski definition) is 2. The first-order valence-corrected chi connectivity index (χ1v) is 5.00. The van der Waals surface area contributed by atoms with Gasteiger partial charge in [-0.05, 0) is 49.6 Å². The Bertz CT molecular complexity index is 143. The van der Waals surface area contributed by atoms with E-state index >= 15 is 0 Å². The third kappa shape index (κ3) is 1.99. The van der Waals surface area contributed by atoms with Crippen LogP contribution in [0.5, 0.6) is 0 Å². The zero-order valence-corrected chi connectivity index (χ0v) is 8.34. The molecule has 0 radical (unpaired) electrons. The van der Waals surface area contributed by atoms with Gasteiger partial charge in [0.1, 0.15) is 0 Å². The van der Waals surface area contributed by atoms with Crippen LogP contribution in [0.1, 0.15) is 33.1 Å². The summed E-state index contributed by atoms with van der Waals surface area (Å²) < 4.78 is 0. The quantitative estimate of drug-likeness (QED) is 0.671. The maximum absolute atomic E-state index is 5.74. The van der Waals surface area contributed by atoms with E-state index < -0.39 is 0 Å². The van der Waals surface area contributed by atoms with E-state index in [9.17, 15) is 0 Å². The smallest absolute Gasteiger partial charge is 0.00232 e. The normalized spacial score (nSPS) is 31.0. The molecule has 1 aliphatic rings. The van der Waals surface area contributed by atoms with Gasteiger partial charge in [-0.15, -0.1) is 0 Å². The summed E-state index contributed by atoms with van der Waals surface area (Å²) in [6.07, 6.45) is 3.93. The van der Waals surface area contributed by atoms with Gasteiger partial charge in [0.15, 0.2) is 0 Å². The Labute approximate surface area is 75.7 Å². The van der Waals surface area contributed by atoms with E-state index in [0.29, 0.717) is 5.41 Å². The largest absolute Gasteiger partial charge is 0.330 e. The third-order valence-electron chi connectivity index (χ3n) is 3.51. The number of hydrogen-bond donors (Lipinski definition) is 2. The molecule has 0 heterocycles. The van der Waals surface area contributed by atoms with Gasteiger partial charge >= 0.3 is 0 Å². The van der Waals surface area contributed by atoms with Crippen LogP contribution in [0.25, 0.3) is 0 Å². The summed E-state index contributed by atoms with van der Waals surface area (Å²) in [6.45, 7) is 6.21. The molecular formula is C10H22N2. The second kappa shape index (κ2) is 3.75. The second-order valence-corrected chi connectivity index (χ2v) is 4.80. The molecule has 0 spiro atoms. The van der Waals surface area contributed by atoms with Gasteiger partial charge in [0.25, 0.3) is 0 Å². The van der Waals surface area contributed by atoms with Gasteiger partial charge in [-0.25, -0.2) is 0 Å². The van der Waals surface area contributed by atoms with Crippen LogP contribution in [-0.2, 0) is 0 Å². The standard InChI is InChI=1S/C10H22N2/c1-10(2,7-12)9-4-3-8(5-9)6-11/h8-9H,3-7,11-12H2,1-2H3. The molecule has 72 valence electrons. The van der Waals surface area contributed by atoms with E-state index in [1.54, 1.807) is 0 Å². The maximum atomic E-state index is 5.74. The van der Waals surface area contributed by atoms with Crippen molar-refractivity contribution in [3.05, 3.63) is 0 Å². The Morgan fingerprint density at radius 3 is 2.33 bits per heavy atom. The van der Waals surface area contributed by atoms with Crippen LogP contribution in [0.3, 0.4) is 0 Å². The molecule has 2 unspecified atom stereocenters. The lowest BCUT2D eigenvalue weighted by molar-refractivity contribution is 0.221. The van der Waals surface area contributed by atoms with Crippen molar-refractivity contribution >= 4 is 0 Å². The van der Waals surface area contributed by atoms with Crippen LogP contribution in [0, 0.1) is 17.3 Å². The van der Waals surface area contributed by atoms with Crippen molar-refractivity contribution in [2.45, 2.75) is 33.1 Å². The summed E-state index contributed by atoms with van der Waals surface area (Å²) in [4.78, 5) is 0. The predicted molar refractivity (Wildman–Crippen MR) is 52.7 cm³/mol. The van der Waals surface area contributed by atoms with Gasteiger partial charge in [0.05, 0.1) is 0 Å². The Kier molecular flexibility index (Phi) is 3.13. The lowest BCUT2D eigenvalue weighted by Gasteiger charge is -2.30. The van der Waals surface area contributed by atoms with Crippen LogP contribution in [0.2, 0.25) is 0 Å². The maximum Gasteiger partial charge on any atom is -0.00232 e. The molecule has 2 atom stereocenters. The Hall–Kier alpha value is -0.0800. The molecule has 1 fully saturated rings. The van der Waals surface area contributed by atoms with Crippen molar-refractivity contribution in [2.75, 3.05) is 13.1 Å². The van der Waals surface area contributed by atoms with Gasteiger partial charge in [-0.2, -0.15) is 0 Å². The Morgan fingerprint density at radius 1 is 1.25 bits per heavy atom. The molecule has 0 amide bonds. The molecule has 0 aromatic carbocycles. The van der Waals surface area contributed by atoms with Crippen molar-refractivity contribution in [3.63, 3.8) is 0 Å². The first-order chi connectivity index (χ1) is 5.60. The fourth-order valence-electron chi connectivity index (χ4n) is 2.17. The van der Waals surface area contributed by atoms with Crippen LogP contribution < -0.4 is 11.5 Å². The Balaban J connectivity index is 2.46. The average molecular weight is 170 g/mol. The van der Waals surface area contributed by atoms with E-state index in [-0.39, 0.29) is 0 Å². The first-order valence-electron chi connectivity index (χ1n) is 5.00. The summed E-state index contributed by atoms with van der Waals surface area (Å²) in [5.74, 6) is 1.57. The zero-order chi connectivity index (χ0) is 9.19. The minimum absolute atomic E-state index is 0.323. The molecule has 2 heteroatoms. The minimum atomic E-state index is 0.323. The van der Waals surface area contributed by atoms with E-state index in [4.69, 9.17) is 11.5 Å². The van der Waals surface area contributed by atoms with Crippen molar-refractivity contribution in [1.82, 2.24) is 0 Å². The molecular weight excluding hydrogens is 148 g/mol. The van der Waals surface area contributed by atoms with E-state index in [1.807, 2.05) is 0 Å². The second-order valence-electron chi connectivity index (χ2n) is 4.80. The topological polar surface area (TPSA) is 52.0 Å². The summed E-state index contributed by atoms with van der Waals surface area (Å²) >= 11 is 0. The molecule has 0 aromatic rings. The zero-order valence-electron chi connectivity index (χ0n) is 8.34. The fourth-order valence-corrected chi connectivity index (χ4v) is 2.17. The summed E-state index contributed by atoms with van der Waals surface area (Å²) in [7, 11) is 0. The van der Waals surface area contributed by atoms with Gasteiger partial charge in [0.2, 0.25) is 0 Å². The SMILES string of the molecule is CC(C)(CN)C1CCC(CN)C1. The van der Waals surface area contributed by atoms with Crippen molar-refractivity contribution < 1.29 is 0 Å². The number of rotatable bonds is 3. The lowest BCUT2D eigenvalue weighted by atomic mass is 9.77. The summed E-state index contributed by atoms with van der Waals surface area (Å²) in [5, 5.41) is 0. The molecule has 2 nitrogen and oxygen atoms in total. The highest BCUT2D eigenvalue weighted by Crippen LogP contribution is 2.41. The highest BCUT2D eigenvalue weighted by atomic mass is 14.6. The highest BCUT2D eigenvalue weighted by Gasteiger charge is 2.34. The summed E-state index contributed by atoms with van der Waals surface area (Å²) in [6, 6.07) is 0. The first kappa shape index (κ1) is 10.0. The molecule has 0 aliphatic heterocycles. The molecule has 0 aromatic heterocycles. The van der Waals surface area contributed by atoms with Crippen molar-refractivity contribution in [2.24, 2.45) is 28.7 Å². The van der Waals surface area contributed by atoms with Crippen molar-refractivity contribution in [1.29, 1.82) is 0 Å². The molecule has 1 saturated carbocycles. The third-order valence-corrected chi connectivity index (χ3v) is 3.51. The van der Waals surface area contributed by atoms with Crippen LogP contribution in [0.4, 0.5) is 0 Å². The van der Waals surface area contributed by atoms with E-state index in [2.05, 4.69) is 13.8 Å². The van der Waals surface area contributed by atoms with Crippen LogP contribution >= 0.6 is 0 Å². The molecule has 1 aliphatic carbocycles. The molecule has 1 rings (SSSR count). The lowest BCUT2D eigenvalue weighted by Crippen LogP contribution is -2.31. The minimum Gasteiger partial charge on any atom is -0.330 e. The average Bonchev–Trinajstić information content (AvgIpc) is 2.52.